The van der Waals surface area contributed by atoms with E-state index in [9.17, 15) is 18.0 Å². The zero-order valence-electron chi connectivity index (χ0n) is 19.1. The lowest BCUT2D eigenvalue weighted by atomic mass is 10.1. The summed E-state index contributed by atoms with van der Waals surface area (Å²) in [6, 6.07) is 18.9. The smallest absolute Gasteiger partial charge is 0.338 e. The van der Waals surface area contributed by atoms with Crippen LogP contribution in [0.4, 0.5) is 5.69 Å². The van der Waals surface area contributed by atoms with Gasteiger partial charge in [0.1, 0.15) is 11.5 Å². The maximum atomic E-state index is 13.2. The van der Waals surface area contributed by atoms with Crippen molar-refractivity contribution in [2.24, 2.45) is 0 Å². The summed E-state index contributed by atoms with van der Waals surface area (Å²) < 4.78 is 43.1. The molecule has 3 aromatic rings. The molecule has 9 heteroatoms. The molecule has 0 N–H and O–H groups in total. The van der Waals surface area contributed by atoms with E-state index in [2.05, 4.69) is 0 Å². The molecule has 0 aliphatic rings. The first-order valence-corrected chi connectivity index (χ1v) is 11.9. The van der Waals surface area contributed by atoms with Crippen LogP contribution in [0, 0.1) is 0 Å². The van der Waals surface area contributed by atoms with Crippen molar-refractivity contribution in [1.29, 1.82) is 0 Å². The highest BCUT2D eigenvalue weighted by atomic mass is 32.2. The molecule has 3 aromatic carbocycles. The maximum absolute atomic E-state index is 13.2. The summed E-state index contributed by atoms with van der Waals surface area (Å²) in [5.41, 5.74) is 0.755. The highest BCUT2D eigenvalue weighted by Gasteiger charge is 2.25. The fourth-order valence-electron chi connectivity index (χ4n) is 3.32. The zero-order valence-corrected chi connectivity index (χ0v) is 19.9. The third kappa shape index (κ3) is 5.37. The topological polar surface area (TPSA) is 99.2 Å². The minimum absolute atomic E-state index is 0.0136. The highest BCUT2D eigenvalue weighted by Crippen LogP contribution is 2.26. The molecule has 0 aliphatic carbocycles. The molecule has 3 rings (SSSR count). The molecule has 34 heavy (non-hydrogen) atoms. The molecule has 0 saturated heterocycles. The second kappa shape index (κ2) is 10.8. The van der Waals surface area contributed by atoms with Crippen LogP contribution in [0.25, 0.3) is 0 Å². The van der Waals surface area contributed by atoms with E-state index in [1.807, 2.05) is 0 Å². The lowest BCUT2D eigenvalue weighted by molar-refractivity contribution is 0.0473. The lowest BCUT2D eigenvalue weighted by Crippen LogP contribution is -2.30. The summed E-state index contributed by atoms with van der Waals surface area (Å²) in [5, 5.41) is 0. The molecule has 0 bridgehead atoms. The second-order valence-corrected chi connectivity index (χ2v) is 8.96. The van der Waals surface area contributed by atoms with E-state index < -0.39 is 28.4 Å². The Balaban J connectivity index is 1.77. The number of rotatable bonds is 10. The van der Waals surface area contributed by atoms with Crippen molar-refractivity contribution in [1.82, 2.24) is 0 Å². The number of esters is 1. The van der Waals surface area contributed by atoms with Crippen molar-refractivity contribution < 1.29 is 32.2 Å². The summed E-state index contributed by atoms with van der Waals surface area (Å²) in [6.07, 6.45) is 0. The van der Waals surface area contributed by atoms with Crippen LogP contribution in [0.1, 0.15) is 27.6 Å². The fourth-order valence-corrected chi connectivity index (χ4v) is 4.84. The Morgan fingerprint density at radius 1 is 0.882 bits per heavy atom. The van der Waals surface area contributed by atoms with Gasteiger partial charge in [-0.1, -0.05) is 24.3 Å². The molecule has 8 nitrogen and oxygen atoms in total. The van der Waals surface area contributed by atoms with Gasteiger partial charge in [-0.15, -0.1) is 0 Å². The van der Waals surface area contributed by atoms with Crippen molar-refractivity contribution in [3.05, 3.63) is 83.9 Å². The molecular formula is C25H25NO7S. The van der Waals surface area contributed by atoms with Crippen LogP contribution in [-0.2, 0) is 14.8 Å². The zero-order chi connectivity index (χ0) is 24.7. The summed E-state index contributed by atoms with van der Waals surface area (Å²) in [5.74, 6) is -0.493. The number of hydrogen-bond donors (Lipinski definition) is 0. The SMILES string of the molecule is CCN(c1ccccc1)S(=O)(=O)c1cccc(C(=O)OCC(=O)c2ccc(OC)cc2OC)c1. The molecule has 0 aromatic heterocycles. The second-order valence-electron chi connectivity index (χ2n) is 7.10. The number of sulfonamides is 1. The average Bonchev–Trinajstić information content (AvgIpc) is 2.87. The van der Waals surface area contributed by atoms with Crippen LogP contribution >= 0.6 is 0 Å². The lowest BCUT2D eigenvalue weighted by Gasteiger charge is -2.23. The first kappa shape index (κ1) is 24.8. The predicted octanol–water partition coefficient (Wildman–Crippen LogP) is 3.96. The van der Waals surface area contributed by atoms with Crippen LogP contribution < -0.4 is 13.8 Å². The van der Waals surface area contributed by atoms with Gasteiger partial charge >= 0.3 is 5.97 Å². The predicted molar refractivity (Wildman–Crippen MR) is 127 cm³/mol. The molecule has 0 heterocycles. The van der Waals surface area contributed by atoms with Gasteiger partial charge in [0.25, 0.3) is 10.0 Å². The van der Waals surface area contributed by atoms with Gasteiger partial charge in [0.2, 0.25) is 5.78 Å². The Labute approximate surface area is 198 Å². The van der Waals surface area contributed by atoms with Gasteiger partial charge in [-0.05, 0) is 49.4 Å². The number of carbonyl (C=O) groups excluding carboxylic acids is 2. The van der Waals surface area contributed by atoms with E-state index >= 15 is 0 Å². The number of ketones is 1. The number of anilines is 1. The van der Waals surface area contributed by atoms with Crippen molar-refractivity contribution in [2.75, 3.05) is 31.7 Å². The number of methoxy groups -OCH3 is 2. The van der Waals surface area contributed by atoms with Crippen LogP contribution in [0.15, 0.2) is 77.7 Å². The number of carbonyl (C=O) groups is 2. The molecule has 0 atom stereocenters. The minimum atomic E-state index is -3.92. The van der Waals surface area contributed by atoms with Crippen LogP contribution in [-0.4, -0.2) is 47.5 Å². The first-order valence-electron chi connectivity index (χ1n) is 10.4. The molecule has 0 aliphatic heterocycles. The standard InChI is InChI=1S/C25H25NO7S/c1-4-26(19-10-6-5-7-11-19)34(29,30)21-12-8-9-18(15-21)25(28)33-17-23(27)22-14-13-20(31-2)16-24(22)32-3/h5-16H,4,17H2,1-3H3. The normalized spacial score (nSPS) is 10.9. The van der Waals surface area contributed by atoms with Gasteiger partial charge < -0.3 is 14.2 Å². The maximum Gasteiger partial charge on any atom is 0.338 e. The Kier molecular flexibility index (Phi) is 7.91. The molecule has 0 amide bonds. The first-order chi connectivity index (χ1) is 16.3. The molecule has 0 spiro atoms. The van der Waals surface area contributed by atoms with Crippen molar-refractivity contribution in [3.8, 4) is 11.5 Å². The molecule has 178 valence electrons. The molecule has 0 radical (unpaired) electrons. The van der Waals surface area contributed by atoms with E-state index in [4.69, 9.17) is 14.2 Å². The molecule has 0 saturated carbocycles. The van der Waals surface area contributed by atoms with Crippen LogP contribution in [0.5, 0.6) is 11.5 Å². The van der Waals surface area contributed by atoms with Crippen molar-refractivity contribution >= 4 is 27.5 Å². The summed E-state index contributed by atoms with van der Waals surface area (Å²) >= 11 is 0. The number of ether oxygens (including phenoxy) is 3. The largest absolute Gasteiger partial charge is 0.497 e. The minimum Gasteiger partial charge on any atom is -0.497 e. The number of benzene rings is 3. The third-order valence-electron chi connectivity index (χ3n) is 5.03. The van der Waals surface area contributed by atoms with Gasteiger partial charge in [0, 0.05) is 12.6 Å². The number of nitrogens with zero attached hydrogens (tertiary/aromatic N) is 1. The van der Waals surface area contributed by atoms with Crippen molar-refractivity contribution in [3.63, 3.8) is 0 Å². The van der Waals surface area contributed by atoms with Crippen LogP contribution in [0.3, 0.4) is 0 Å². The van der Waals surface area contributed by atoms with Gasteiger partial charge in [0.15, 0.2) is 6.61 Å². The van der Waals surface area contributed by atoms with E-state index in [0.717, 1.165) is 0 Å². The molecular weight excluding hydrogens is 458 g/mol. The van der Waals surface area contributed by atoms with E-state index in [1.165, 1.54) is 48.9 Å². The van der Waals surface area contributed by atoms with E-state index in [1.54, 1.807) is 49.4 Å². The Morgan fingerprint density at radius 2 is 1.62 bits per heavy atom. The number of hydrogen-bond acceptors (Lipinski definition) is 7. The average molecular weight is 484 g/mol. The van der Waals surface area contributed by atoms with Crippen molar-refractivity contribution in [2.45, 2.75) is 11.8 Å². The number of Topliss-reactive ketones (excluding diaryl/α,β-unsaturated/α-hetero) is 1. The summed E-state index contributed by atoms with van der Waals surface area (Å²) in [6.45, 7) is 1.39. The quantitative estimate of drug-likeness (QED) is 0.318. The van der Waals surface area contributed by atoms with E-state index in [-0.39, 0.29) is 28.3 Å². The van der Waals surface area contributed by atoms with Gasteiger partial charge in [-0.25, -0.2) is 13.2 Å². The molecule has 0 fully saturated rings. The molecule has 0 unspecified atom stereocenters. The van der Waals surface area contributed by atoms with Gasteiger partial charge in [-0.3, -0.25) is 9.10 Å². The van der Waals surface area contributed by atoms with Gasteiger partial charge in [-0.2, -0.15) is 0 Å². The third-order valence-corrected chi connectivity index (χ3v) is 6.93. The monoisotopic (exact) mass is 483 g/mol. The summed E-state index contributed by atoms with van der Waals surface area (Å²) in [7, 11) is -1.01. The fraction of sp³-hybridized carbons (Fsp3) is 0.200. The number of para-hydroxylation sites is 1. The summed E-state index contributed by atoms with van der Waals surface area (Å²) in [4.78, 5) is 25.1. The van der Waals surface area contributed by atoms with Crippen LogP contribution in [0.2, 0.25) is 0 Å². The van der Waals surface area contributed by atoms with E-state index in [0.29, 0.717) is 11.4 Å². The van der Waals surface area contributed by atoms with Gasteiger partial charge in [0.05, 0.1) is 35.9 Å². The Hall–Kier alpha value is -3.85. The highest BCUT2D eigenvalue weighted by molar-refractivity contribution is 7.92. The Bertz CT molecular complexity index is 1270. The Morgan fingerprint density at radius 3 is 2.26 bits per heavy atom.